The number of nitrogens with zero attached hydrogens (tertiary/aromatic N) is 1. The maximum atomic E-state index is 12.5. The van der Waals surface area contributed by atoms with Crippen molar-refractivity contribution in [2.45, 2.75) is 19.6 Å². The summed E-state index contributed by atoms with van der Waals surface area (Å²) < 4.78 is 38.4. The third-order valence-electron chi connectivity index (χ3n) is 2.63. The molecular formula is C11H9F3N2O2. The Balaban J connectivity index is 2.85. The largest absolute Gasteiger partial charge is 0.416 e. The third kappa shape index (κ3) is 1.92. The summed E-state index contributed by atoms with van der Waals surface area (Å²) in [6.07, 6.45) is -4.52. The summed E-state index contributed by atoms with van der Waals surface area (Å²) >= 11 is 0. The minimum absolute atomic E-state index is 0.0976. The fourth-order valence-electron chi connectivity index (χ4n) is 1.71. The zero-order valence-electron chi connectivity index (χ0n) is 9.34. The highest BCUT2D eigenvalue weighted by molar-refractivity contribution is 5.78. The SMILES string of the molecule is CCn1c(=O)[nH]c2ccc(C(F)(F)F)cc2c1=O. The van der Waals surface area contributed by atoms with Gasteiger partial charge in [0.25, 0.3) is 5.56 Å². The number of halogens is 3. The molecule has 1 heterocycles. The Morgan fingerprint density at radius 1 is 1.28 bits per heavy atom. The van der Waals surface area contributed by atoms with Gasteiger partial charge in [-0.05, 0) is 25.1 Å². The van der Waals surface area contributed by atoms with Crippen molar-refractivity contribution in [2.24, 2.45) is 0 Å². The molecule has 0 saturated carbocycles. The predicted octanol–water partition coefficient (Wildman–Crippen LogP) is 1.73. The number of benzene rings is 1. The van der Waals surface area contributed by atoms with Crippen LogP contribution in [0.25, 0.3) is 10.9 Å². The van der Waals surface area contributed by atoms with Crippen molar-refractivity contribution < 1.29 is 13.2 Å². The van der Waals surface area contributed by atoms with Crippen molar-refractivity contribution >= 4 is 10.9 Å². The zero-order valence-corrected chi connectivity index (χ0v) is 9.34. The number of H-pyrrole nitrogens is 1. The van der Waals surface area contributed by atoms with Crippen LogP contribution in [0.4, 0.5) is 13.2 Å². The summed E-state index contributed by atoms with van der Waals surface area (Å²) in [5.74, 6) is 0. The maximum Gasteiger partial charge on any atom is 0.416 e. The van der Waals surface area contributed by atoms with Gasteiger partial charge in [-0.1, -0.05) is 0 Å². The van der Waals surface area contributed by atoms with E-state index in [9.17, 15) is 22.8 Å². The predicted molar refractivity (Wildman–Crippen MR) is 59.5 cm³/mol. The first-order valence-electron chi connectivity index (χ1n) is 5.18. The molecule has 1 aromatic heterocycles. The van der Waals surface area contributed by atoms with Gasteiger partial charge in [0.05, 0.1) is 16.5 Å². The van der Waals surface area contributed by atoms with Crippen LogP contribution >= 0.6 is 0 Å². The second-order valence-corrected chi connectivity index (χ2v) is 3.74. The van der Waals surface area contributed by atoms with Crippen LogP contribution in [0.2, 0.25) is 0 Å². The smallest absolute Gasteiger partial charge is 0.307 e. The third-order valence-corrected chi connectivity index (χ3v) is 2.63. The van der Waals surface area contributed by atoms with Gasteiger partial charge in [-0.3, -0.25) is 9.36 Å². The molecule has 18 heavy (non-hydrogen) atoms. The summed E-state index contributed by atoms with van der Waals surface area (Å²) in [4.78, 5) is 25.7. The van der Waals surface area contributed by atoms with Crippen LogP contribution in [0.5, 0.6) is 0 Å². The minimum atomic E-state index is -4.52. The highest BCUT2D eigenvalue weighted by Gasteiger charge is 2.30. The van der Waals surface area contributed by atoms with E-state index in [1.54, 1.807) is 6.92 Å². The van der Waals surface area contributed by atoms with Gasteiger partial charge in [0.2, 0.25) is 0 Å². The molecule has 7 heteroatoms. The van der Waals surface area contributed by atoms with Gasteiger partial charge in [0, 0.05) is 6.54 Å². The molecule has 0 spiro atoms. The lowest BCUT2D eigenvalue weighted by molar-refractivity contribution is -0.137. The Morgan fingerprint density at radius 3 is 2.50 bits per heavy atom. The first-order valence-corrected chi connectivity index (χ1v) is 5.18. The van der Waals surface area contributed by atoms with E-state index in [1.165, 1.54) is 0 Å². The summed E-state index contributed by atoms with van der Waals surface area (Å²) in [6, 6.07) is 2.66. The number of alkyl halides is 3. The van der Waals surface area contributed by atoms with Gasteiger partial charge < -0.3 is 4.98 Å². The van der Waals surface area contributed by atoms with Crippen molar-refractivity contribution in [2.75, 3.05) is 0 Å². The van der Waals surface area contributed by atoms with Crippen LogP contribution in [-0.2, 0) is 12.7 Å². The van der Waals surface area contributed by atoms with Gasteiger partial charge in [0.15, 0.2) is 0 Å². The molecule has 2 aromatic rings. The molecule has 0 atom stereocenters. The number of aromatic nitrogens is 2. The first kappa shape index (κ1) is 12.4. The number of rotatable bonds is 1. The fourth-order valence-corrected chi connectivity index (χ4v) is 1.71. The number of hydrogen-bond acceptors (Lipinski definition) is 2. The number of hydrogen-bond donors (Lipinski definition) is 1. The summed E-state index contributed by atoms with van der Waals surface area (Å²) in [7, 11) is 0. The molecule has 0 saturated heterocycles. The van der Waals surface area contributed by atoms with Gasteiger partial charge in [-0.2, -0.15) is 13.2 Å². The second kappa shape index (κ2) is 4.01. The molecular weight excluding hydrogens is 249 g/mol. The van der Waals surface area contributed by atoms with E-state index in [0.717, 1.165) is 22.8 Å². The molecule has 0 bridgehead atoms. The average Bonchev–Trinajstić information content (AvgIpc) is 2.27. The number of nitrogens with one attached hydrogen (secondary N) is 1. The van der Waals surface area contributed by atoms with E-state index >= 15 is 0 Å². The zero-order chi connectivity index (χ0) is 13.5. The first-order chi connectivity index (χ1) is 8.34. The summed E-state index contributed by atoms with van der Waals surface area (Å²) in [5, 5.41) is -0.147. The second-order valence-electron chi connectivity index (χ2n) is 3.74. The van der Waals surface area contributed by atoms with Gasteiger partial charge in [-0.25, -0.2) is 4.79 Å². The Labute approximate surface area is 98.7 Å². The van der Waals surface area contributed by atoms with E-state index < -0.39 is 23.0 Å². The Bertz CT molecular complexity index is 713. The van der Waals surface area contributed by atoms with Crippen molar-refractivity contribution in [3.05, 3.63) is 44.6 Å². The molecule has 96 valence electrons. The Morgan fingerprint density at radius 2 is 1.94 bits per heavy atom. The average molecular weight is 258 g/mol. The highest BCUT2D eigenvalue weighted by Crippen LogP contribution is 2.30. The molecule has 0 fully saturated rings. The Hall–Kier alpha value is -2.05. The summed E-state index contributed by atoms with van der Waals surface area (Å²) in [6.45, 7) is 1.66. The van der Waals surface area contributed by atoms with Crippen LogP contribution in [-0.4, -0.2) is 9.55 Å². The van der Waals surface area contributed by atoms with E-state index in [1.807, 2.05) is 0 Å². The van der Waals surface area contributed by atoms with Crippen molar-refractivity contribution in [3.8, 4) is 0 Å². The number of fused-ring (bicyclic) bond motifs is 1. The van der Waals surface area contributed by atoms with Gasteiger partial charge >= 0.3 is 11.9 Å². The quantitative estimate of drug-likeness (QED) is 0.846. The van der Waals surface area contributed by atoms with Crippen molar-refractivity contribution in [1.82, 2.24) is 9.55 Å². The molecule has 2 rings (SSSR count). The van der Waals surface area contributed by atoms with Crippen LogP contribution < -0.4 is 11.2 Å². The van der Waals surface area contributed by atoms with Gasteiger partial charge in [0.1, 0.15) is 0 Å². The van der Waals surface area contributed by atoms with E-state index in [-0.39, 0.29) is 17.4 Å². The lowest BCUT2D eigenvalue weighted by atomic mass is 10.1. The monoisotopic (exact) mass is 258 g/mol. The lowest BCUT2D eigenvalue weighted by Crippen LogP contribution is -2.34. The van der Waals surface area contributed by atoms with Crippen LogP contribution in [0, 0.1) is 0 Å². The highest BCUT2D eigenvalue weighted by atomic mass is 19.4. The molecule has 1 N–H and O–H groups in total. The molecule has 0 amide bonds. The lowest BCUT2D eigenvalue weighted by Gasteiger charge is -2.08. The fraction of sp³-hybridized carbons (Fsp3) is 0.273. The van der Waals surface area contributed by atoms with E-state index in [4.69, 9.17) is 0 Å². The topological polar surface area (TPSA) is 54.9 Å². The minimum Gasteiger partial charge on any atom is -0.307 e. The molecule has 0 unspecified atom stereocenters. The maximum absolute atomic E-state index is 12.5. The standard InChI is InChI=1S/C11H9F3N2O2/c1-2-16-9(17)7-5-6(11(12,13)14)3-4-8(7)15-10(16)18/h3-5H,2H2,1H3,(H,15,18). The van der Waals surface area contributed by atoms with Crippen molar-refractivity contribution in [1.29, 1.82) is 0 Å². The molecule has 0 aliphatic carbocycles. The molecule has 0 aliphatic rings. The molecule has 0 radical (unpaired) electrons. The molecule has 1 aromatic carbocycles. The molecule has 4 nitrogen and oxygen atoms in total. The van der Waals surface area contributed by atoms with Crippen LogP contribution in [0.15, 0.2) is 27.8 Å². The van der Waals surface area contributed by atoms with Crippen molar-refractivity contribution in [3.63, 3.8) is 0 Å². The van der Waals surface area contributed by atoms with Gasteiger partial charge in [-0.15, -0.1) is 0 Å². The van der Waals surface area contributed by atoms with E-state index in [0.29, 0.717) is 0 Å². The Kier molecular flexibility index (Phi) is 2.76. The molecule has 0 aliphatic heterocycles. The normalized spacial score (nSPS) is 12.0. The summed E-state index contributed by atoms with van der Waals surface area (Å²) in [5.41, 5.74) is -2.17. The van der Waals surface area contributed by atoms with E-state index in [2.05, 4.69) is 4.98 Å². The number of aromatic amines is 1. The van der Waals surface area contributed by atoms with Crippen LogP contribution in [0.3, 0.4) is 0 Å². The van der Waals surface area contributed by atoms with Crippen LogP contribution in [0.1, 0.15) is 12.5 Å².